The minimum absolute atomic E-state index is 0.0720. The van der Waals surface area contributed by atoms with Crippen LogP contribution in [0.3, 0.4) is 0 Å². The van der Waals surface area contributed by atoms with Gasteiger partial charge in [-0.3, -0.25) is 4.79 Å². The van der Waals surface area contributed by atoms with Gasteiger partial charge in [0.1, 0.15) is 0 Å². The summed E-state index contributed by atoms with van der Waals surface area (Å²) in [5, 5.41) is 4.56. The average molecular weight is 309 g/mol. The highest BCUT2D eigenvalue weighted by atomic mass is 35.5. The van der Waals surface area contributed by atoms with Crippen molar-refractivity contribution in [1.82, 2.24) is 15.2 Å². The third kappa shape index (κ3) is 5.46. The van der Waals surface area contributed by atoms with E-state index >= 15 is 0 Å². The highest BCUT2D eigenvalue weighted by Gasteiger charge is 2.14. The van der Waals surface area contributed by atoms with Crippen molar-refractivity contribution < 1.29 is 4.79 Å². The maximum absolute atomic E-state index is 11.7. The third-order valence-corrected chi connectivity index (χ3v) is 3.89. The van der Waals surface area contributed by atoms with Crippen LogP contribution in [0, 0.1) is 0 Å². The van der Waals surface area contributed by atoms with Gasteiger partial charge in [0.2, 0.25) is 5.91 Å². The van der Waals surface area contributed by atoms with Gasteiger partial charge in [-0.1, -0.05) is 29.8 Å². The summed E-state index contributed by atoms with van der Waals surface area (Å²) in [6, 6.07) is 7.37. The van der Waals surface area contributed by atoms with Crippen molar-refractivity contribution >= 4 is 23.7 Å². The number of nitrogens with zero attached hydrogens (tertiary/aromatic N) is 3. The molecule has 1 aliphatic rings. The van der Waals surface area contributed by atoms with Gasteiger partial charge >= 0.3 is 0 Å². The molecule has 1 saturated heterocycles. The Kier molecular flexibility index (Phi) is 6.17. The first-order chi connectivity index (χ1) is 10.1. The molecule has 21 heavy (non-hydrogen) atoms. The summed E-state index contributed by atoms with van der Waals surface area (Å²) in [4.78, 5) is 16.3. The second-order valence-electron chi connectivity index (χ2n) is 5.21. The molecule has 1 N–H and O–H groups in total. The third-order valence-electron chi connectivity index (χ3n) is 3.55. The normalized spacial score (nSPS) is 17.2. The SMILES string of the molecule is CN1CCN(CCC(=O)N/N=C\c2ccccc2Cl)CC1. The van der Waals surface area contributed by atoms with E-state index in [9.17, 15) is 4.79 Å². The number of benzene rings is 1. The van der Waals surface area contributed by atoms with Crippen LogP contribution in [0.2, 0.25) is 5.02 Å². The molecule has 114 valence electrons. The van der Waals surface area contributed by atoms with Gasteiger partial charge in [0, 0.05) is 49.7 Å². The standard InChI is InChI=1S/C15H21ClN4O/c1-19-8-10-20(11-9-19)7-6-15(21)18-17-12-13-4-2-3-5-14(13)16/h2-5,12H,6-11H2,1H3,(H,18,21)/b17-12-. The van der Waals surface area contributed by atoms with Crippen molar-refractivity contribution in [3.05, 3.63) is 34.9 Å². The number of hydrazone groups is 1. The van der Waals surface area contributed by atoms with E-state index in [2.05, 4.69) is 27.4 Å². The molecule has 1 aliphatic heterocycles. The van der Waals surface area contributed by atoms with E-state index in [4.69, 9.17) is 11.6 Å². The zero-order valence-corrected chi connectivity index (χ0v) is 13.0. The second kappa shape index (κ2) is 8.12. The first-order valence-electron chi connectivity index (χ1n) is 7.12. The van der Waals surface area contributed by atoms with Crippen LogP contribution in [-0.4, -0.2) is 61.7 Å². The minimum atomic E-state index is -0.0720. The number of likely N-dealkylation sites (N-methyl/N-ethyl adjacent to an activating group) is 1. The number of nitrogens with one attached hydrogen (secondary N) is 1. The van der Waals surface area contributed by atoms with E-state index in [1.54, 1.807) is 12.3 Å². The van der Waals surface area contributed by atoms with Crippen LogP contribution in [0.5, 0.6) is 0 Å². The molecule has 1 aromatic rings. The first kappa shape index (κ1) is 15.9. The zero-order valence-electron chi connectivity index (χ0n) is 12.3. The molecule has 0 bridgehead atoms. The molecule has 0 aromatic heterocycles. The molecular formula is C15H21ClN4O. The highest BCUT2D eigenvalue weighted by molar-refractivity contribution is 6.33. The number of carbonyl (C=O) groups is 1. The molecule has 2 rings (SSSR count). The lowest BCUT2D eigenvalue weighted by Gasteiger charge is -2.32. The van der Waals surface area contributed by atoms with Gasteiger partial charge in [-0.25, -0.2) is 5.43 Å². The molecule has 1 heterocycles. The lowest BCUT2D eigenvalue weighted by Crippen LogP contribution is -2.45. The number of amides is 1. The Hall–Kier alpha value is -1.43. The summed E-state index contributed by atoms with van der Waals surface area (Å²) in [6.45, 7) is 4.94. The predicted molar refractivity (Wildman–Crippen MR) is 85.7 cm³/mol. The molecule has 5 nitrogen and oxygen atoms in total. The van der Waals surface area contributed by atoms with Crippen LogP contribution in [-0.2, 0) is 4.79 Å². The number of halogens is 1. The summed E-state index contributed by atoms with van der Waals surface area (Å²) in [6.07, 6.45) is 2.03. The molecule has 0 spiro atoms. The average Bonchev–Trinajstić information content (AvgIpc) is 2.49. The molecule has 1 fully saturated rings. The molecular weight excluding hydrogens is 288 g/mol. The molecule has 0 unspecified atom stereocenters. The smallest absolute Gasteiger partial charge is 0.241 e. The Morgan fingerprint density at radius 3 is 2.76 bits per heavy atom. The summed E-state index contributed by atoms with van der Waals surface area (Å²) in [7, 11) is 2.12. The Bertz CT molecular complexity index is 498. The van der Waals surface area contributed by atoms with Gasteiger partial charge in [-0.2, -0.15) is 5.10 Å². The van der Waals surface area contributed by atoms with Crippen LogP contribution in [0.15, 0.2) is 29.4 Å². The van der Waals surface area contributed by atoms with Crippen LogP contribution >= 0.6 is 11.6 Å². The fourth-order valence-electron chi connectivity index (χ4n) is 2.14. The fraction of sp³-hybridized carbons (Fsp3) is 0.467. The summed E-state index contributed by atoms with van der Waals surface area (Å²) in [5.41, 5.74) is 3.33. The van der Waals surface area contributed by atoms with Gasteiger partial charge < -0.3 is 9.80 Å². The van der Waals surface area contributed by atoms with Gasteiger partial charge in [0.05, 0.1) is 6.21 Å². The second-order valence-corrected chi connectivity index (χ2v) is 5.62. The molecule has 0 aliphatic carbocycles. The van der Waals surface area contributed by atoms with Crippen molar-refractivity contribution in [3.63, 3.8) is 0 Å². The van der Waals surface area contributed by atoms with Crippen molar-refractivity contribution in [2.75, 3.05) is 39.8 Å². The van der Waals surface area contributed by atoms with Gasteiger partial charge in [-0.15, -0.1) is 0 Å². The Morgan fingerprint density at radius 1 is 1.33 bits per heavy atom. The highest BCUT2D eigenvalue weighted by Crippen LogP contribution is 2.11. The van der Waals surface area contributed by atoms with E-state index in [1.807, 2.05) is 18.2 Å². The number of carbonyl (C=O) groups excluding carboxylic acids is 1. The fourth-order valence-corrected chi connectivity index (χ4v) is 2.33. The summed E-state index contributed by atoms with van der Waals surface area (Å²) < 4.78 is 0. The van der Waals surface area contributed by atoms with E-state index in [0.29, 0.717) is 11.4 Å². The van der Waals surface area contributed by atoms with Crippen LogP contribution in [0.1, 0.15) is 12.0 Å². The summed E-state index contributed by atoms with van der Waals surface area (Å²) >= 11 is 6.00. The predicted octanol–water partition coefficient (Wildman–Crippen LogP) is 1.43. The Labute approximate surface area is 130 Å². The monoisotopic (exact) mass is 308 g/mol. The van der Waals surface area contributed by atoms with E-state index < -0.39 is 0 Å². The van der Waals surface area contributed by atoms with Gasteiger partial charge in [-0.05, 0) is 13.1 Å². The Morgan fingerprint density at radius 2 is 2.05 bits per heavy atom. The largest absolute Gasteiger partial charge is 0.304 e. The van der Waals surface area contributed by atoms with Crippen LogP contribution in [0.4, 0.5) is 0 Å². The maximum atomic E-state index is 11.7. The maximum Gasteiger partial charge on any atom is 0.241 e. The van der Waals surface area contributed by atoms with Crippen molar-refractivity contribution in [2.24, 2.45) is 5.10 Å². The lowest BCUT2D eigenvalue weighted by molar-refractivity contribution is -0.121. The molecule has 1 amide bonds. The number of hydrogen-bond donors (Lipinski definition) is 1. The first-order valence-corrected chi connectivity index (χ1v) is 7.50. The lowest BCUT2D eigenvalue weighted by atomic mass is 10.2. The van der Waals surface area contributed by atoms with Crippen molar-refractivity contribution in [1.29, 1.82) is 0 Å². The van der Waals surface area contributed by atoms with E-state index in [1.165, 1.54) is 0 Å². The number of rotatable bonds is 5. The van der Waals surface area contributed by atoms with Crippen LogP contribution in [0.25, 0.3) is 0 Å². The zero-order chi connectivity index (χ0) is 15.1. The van der Waals surface area contributed by atoms with Gasteiger partial charge in [0.15, 0.2) is 0 Å². The summed E-state index contributed by atoms with van der Waals surface area (Å²) in [5.74, 6) is -0.0720. The van der Waals surface area contributed by atoms with Crippen molar-refractivity contribution in [3.8, 4) is 0 Å². The van der Waals surface area contributed by atoms with E-state index in [-0.39, 0.29) is 5.91 Å². The van der Waals surface area contributed by atoms with Crippen molar-refractivity contribution in [2.45, 2.75) is 6.42 Å². The minimum Gasteiger partial charge on any atom is -0.304 e. The quantitative estimate of drug-likeness (QED) is 0.661. The number of hydrogen-bond acceptors (Lipinski definition) is 4. The van der Waals surface area contributed by atoms with Crippen LogP contribution < -0.4 is 5.43 Å². The Balaban J connectivity index is 1.69. The topological polar surface area (TPSA) is 47.9 Å². The van der Waals surface area contributed by atoms with Gasteiger partial charge in [0.25, 0.3) is 0 Å². The number of piperazine rings is 1. The molecule has 1 aromatic carbocycles. The molecule has 0 saturated carbocycles. The van der Waals surface area contributed by atoms with E-state index in [0.717, 1.165) is 38.3 Å². The molecule has 0 radical (unpaired) electrons. The molecule has 0 atom stereocenters. The molecule has 6 heteroatoms.